The number of hydrogen-bond donors (Lipinski definition) is 2. The third-order valence-electron chi connectivity index (χ3n) is 2.74. The number of rotatable bonds is 4. The van der Waals surface area contributed by atoms with E-state index in [4.69, 9.17) is 5.26 Å². The van der Waals surface area contributed by atoms with Gasteiger partial charge in [-0.25, -0.2) is 13.1 Å². The lowest BCUT2D eigenvalue weighted by molar-refractivity contribution is 0.111. The molecule has 5 nitrogen and oxygen atoms in total. The van der Waals surface area contributed by atoms with Gasteiger partial charge in [-0.15, -0.1) is 0 Å². The molecule has 0 fully saturated rings. The molecular formula is C12H16N2O3S. The molecule has 0 radical (unpaired) electrons. The van der Waals surface area contributed by atoms with E-state index >= 15 is 0 Å². The van der Waals surface area contributed by atoms with Crippen molar-refractivity contribution in [1.29, 1.82) is 5.26 Å². The molecule has 0 saturated carbocycles. The fourth-order valence-electron chi connectivity index (χ4n) is 1.28. The van der Waals surface area contributed by atoms with Crippen LogP contribution < -0.4 is 4.72 Å². The van der Waals surface area contributed by atoms with Crippen LogP contribution in [0.2, 0.25) is 0 Å². The van der Waals surface area contributed by atoms with Crippen LogP contribution in [0.4, 0.5) is 0 Å². The summed E-state index contributed by atoms with van der Waals surface area (Å²) in [6.45, 7) is 4.65. The number of nitrogens with one attached hydrogen (secondary N) is 1. The summed E-state index contributed by atoms with van der Waals surface area (Å²) in [6, 6.07) is 7.77. The van der Waals surface area contributed by atoms with Gasteiger partial charge in [0.2, 0.25) is 10.0 Å². The lowest BCUT2D eigenvalue weighted by atomic mass is 10.0. The van der Waals surface area contributed by atoms with Crippen LogP contribution in [0, 0.1) is 11.3 Å². The zero-order chi connectivity index (χ0) is 14.0. The Hall–Kier alpha value is -1.42. The zero-order valence-corrected chi connectivity index (χ0v) is 11.3. The molecule has 0 aromatic heterocycles. The monoisotopic (exact) mass is 268 g/mol. The van der Waals surface area contributed by atoms with E-state index in [1.54, 1.807) is 26.0 Å². The van der Waals surface area contributed by atoms with Crippen molar-refractivity contribution in [2.75, 3.05) is 0 Å². The van der Waals surface area contributed by atoms with Crippen molar-refractivity contribution in [3.63, 3.8) is 0 Å². The van der Waals surface area contributed by atoms with Gasteiger partial charge >= 0.3 is 0 Å². The highest BCUT2D eigenvalue weighted by molar-refractivity contribution is 7.89. The Morgan fingerprint density at radius 1 is 1.39 bits per heavy atom. The van der Waals surface area contributed by atoms with Crippen LogP contribution in [0.1, 0.15) is 26.3 Å². The summed E-state index contributed by atoms with van der Waals surface area (Å²) in [6.07, 6.45) is -0.860. The van der Waals surface area contributed by atoms with Gasteiger partial charge in [0.25, 0.3) is 0 Å². The van der Waals surface area contributed by atoms with Crippen molar-refractivity contribution < 1.29 is 13.5 Å². The summed E-state index contributed by atoms with van der Waals surface area (Å²) >= 11 is 0. The summed E-state index contributed by atoms with van der Waals surface area (Å²) in [5.41, 5.74) is -0.937. The topological polar surface area (TPSA) is 90.2 Å². The molecule has 1 aromatic carbocycles. The maximum absolute atomic E-state index is 12.2. The maximum atomic E-state index is 12.2. The molecule has 0 spiro atoms. The molecule has 98 valence electrons. The molecule has 0 aliphatic rings. The molecule has 0 amide bonds. The average Bonchev–Trinajstić information content (AvgIpc) is 2.27. The number of aliphatic hydroxyl groups excluding tert-OH is 1. The lowest BCUT2D eigenvalue weighted by Crippen LogP contribution is -2.50. The van der Waals surface area contributed by atoms with Crippen LogP contribution in [-0.4, -0.2) is 25.2 Å². The Balaban J connectivity index is 3.21. The van der Waals surface area contributed by atoms with Gasteiger partial charge in [0, 0.05) is 0 Å². The first-order valence-electron chi connectivity index (χ1n) is 5.42. The summed E-state index contributed by atoms with van der Waals surface area (Å²) < 4.78 is 26.7. The third-order valence-corrected chi connectivity index (χ3v) is 4.47. The number of sulfonamides is 1. The van der Waals surface area contributed by atoms with Gasteiger partial charge < -0.3 is 5.11 Å². The van der Waals surface area contributed by atoms with Gasteiger partial charge in [-0.2, -0.15) is 5.26 Å². The smallest absolute Gasteiger partial charge is 0.242 e. The first kappa shape index (κ1) is 14.6. The molecule has 0 bridgehead atoms. The quantitative estimate of drug-likeness (QED) is 0.852. The Labute approximate surface area is 107 Å². The molecule has 0 aliphatic heterocycles. The normalized spacial score (nSPS) is 13.9. The summed E-state index contributed by atoms with van der Waals surface area (Å²) in [5.74, 6) is 0. The predicted molar refractivity (Wildman–Crippen MR) is 67.2 cm³/mol. The highest BCUT2D eigenvalue weighted by Gasteiger charge is 2.31. The Morgan fingerprint density at radius 2 is 1.94 bits per heavy atom. The van der Waals surface area contributed by atoms with Crippen LogP contribution in [0.25, 0.3) is 0 Å². The number of benzene rings is 1. The van der Waals surface area contributed by atoms with Crippen LogP contribution in [-0.2, 0) is 10.0 Å². The van der Waals surface area contributed by atoms with Crippen LogP contribution in [0.15, 0.2) is 29.2 Å². The van der Waals surface area contributed by atoms with E-state index in [0.717, 1.165) is 0 Å². The van der Waals surface area contributed by atoms with E-state index in [9.17, 15) is 13.5 Å². The van der Waals surface area contributed by atoms with Gasteiger partial charge in [-0.1, -0.05) is 12.1 Å². The number of aliphatic hydroxyl groups is 1. The molecule has 0 saturated heterocycles. The maximum Gasteiger partial charge on any atom is 0.242 e. The van der Waals surface area contributed by atoms with E-state index in [2.05, 4.69) is 4.72 Å². The van der Waals surface area contributed by atoms with Crippen LogP contribution >= 0.6 is 0 Å². The average molecular weight is 268 g/mol. The van der Waals surface area contributed by atoms with Gasteiger partial charge in [0.1, 0.15) is 6.07 Å². The number of hydrogen-bond acceptors (Lipinski definition) is 4. The molecule has 1 rings (SSSR count). The number of nitrogens with zero attached hydrogens (tertiary/aromatic N) is 1. The Bertz CT molecular complexity index is 571. The standard InChI is InChI=1S/C12H16N2O3S/c1-9(15)12(2,3)14-18(16,17)11-7-5-4-6-10(11)8-13/h4-7,9,14-15H,1-3H3. The van der Waals surface area contributed by atoms with Crippen molar-refractivity contribution in [1.82, 2.24) is 4.72 Å². The molecule has 0 aliphatic carbocycles. The number of nitriles is 1. The summed E-state index contributed by atoms with van der Waals surface area (Å²) in [5, 5.41) is 18.4. The second-order valence-corrected chi connectivity index (χ2v) is 6.26. The van der Waals surface area contributed by atoms with E-state index in [1.807, 2.05) is 6.07 Å². The SMILES string of the molecule is CC(O)C(C)(C)NS(=O)(=O)c1ccccc1C#N. The minimum atomic E-state index is -3.84. The highest BCUT2D eigenvalue weighted by Crippen LogP contribution is 2.18. The minimum Gasteiger partial charge on any atom is -0.391 e. The van der Waals surface area contributed by atoms with Crippen molar-refractivity contribution in [3.05, 3.63) is 29.8 Å². The Kier molecular flexibility index (Phi) is 4.12. The van der Waals surface area contributed by atoms with Crippen molar-refractivity contribution in [3.8, 4) is 6.07 Å². The first-order chi connectivity index (χ1) is 8.20. The molecule has 0 heterocycles. The van der Waals surface area contributed by atoms with E-state index in [0.29, 0.717) is 0 Å². The Morgan fingerprint density at radius 3 is 2.44 bits per heavy atom. The molecule has 6 heteroatoms. The highest BCUT2D eigenvalue weighted by atomic mass is 32.2. The van der Waals surface area contributed by atoms with Gasteiger partial charge in [-0.05, 0) is 32.9 Å². The van der Waals surface area contributed by atoms with Crippen molar-refractivity contribution in [2.45, 2.75) is 37.3 Å². The first-order valence-corrected chi connectivity index (χ1v) is 6.90. The lowest BCUT2D eigenvalue weighted by Gasteiger charge is -2.29. The molecule has 1 atom stereocenters. The third kappa shape index (κ3) is 3.07. The molecule has 1 unspecified atom stereocenters. The van der Waals surface area contributed by atoms with Gasteiger partial charge in [0.15, 0.2) is 0 Å². The summed E-state index contributed by atoms with van der Waals surface area (Å²) in [4.78, 5) is -0.0822. The second-order valence-electron chi connectivity index (χ2n) is 4.61. The zero-order valence-electron chi connectivity index (χ0n) is 10.5. The van der Waals surface area contributed by atoms with Crippen LogP contribution in [0.5, 0.6) is 0 Å². The molecule has 2 N–H and O–H groups in total. The van der Waals surface area contributed by atoms with Crippen molar-refractivity contribution >= 4 is 10.0 Å². The van der Waals surface area contributed by atoms with Crippen molar-refractivity contribution in [2.24, 2.45) is 0 Å². The molecule has 18 heavy (non-hydrogen) atoms. The van der Waals surface area contributed by atoms with Crippen LogP contribution in [0.3, 0.4) is 0 Å². The minimum absolute atomic E-state index is 0.0754. The predicted octanol–water partition coefficient (Wildman–Crippen LogP) is 0.996. The second kappa shape index (κ2) is 5.06. The fourth-order valence-corrected chi connectivity index (χ4v) is 2.91. The van der Waals surface area contributed by atoms with Gasteiger partial charge in [-0.3, -0.25) is 0 Å². The fraction of sp³-hybridized carbons (Fsp3) is 0.417. The van der Waals surface area contributed by atoms with E-state index in [-0.39, 0.29) is 10.5 Å². The largest absolute Gasteiger partial charge is 0.391 e. The van der Waals surface area contributed by atoms with E-state index < -0.39 is 21.7 Å². The molecule has 1 aromatic rings. The molecular weight excluding hydrogens is 252 g/mol. The van der Waals surface area contributed by atoms with E-state index in [1.165, 1.54) is 19.1 Å². The van der Waals surface area contributed by atoms with Gasteiger partial charge in [0.05, 0.1) is 22.1 Å². The summed E-state index contributed by atoms with van der Waals surface area (Å²) in [7, 11) is -3.84.